The molecule has 0 aliphatic carbocycles. The summed E-state index contributed by atoms with van der Waals surface area (Å²) in [6.07, 6.45) is 0. The molecule has 0 radical (unpaired) electrons. The van der Waals surface area contributed by atoms with Crippen LogP contribution in [0.4, 0.5) is 0 Å². The van der Waals surface area contributed by atoms with E-state index in [0.717, 1.165) is 0 Å². The third kappa shape index (κ3) is 4.06. The first kappa shape index (κ1) is 27.7. The fraction of sp³-hybridized carbons (Fsp3) is 0. The molecule has 11 aromatic rings. The number of thiophene rings is 1. The van der Waals surface area contributed by atoms with Gasteiger partial charge in [-0.05, 0) is 109 Å². The van der Waals surface area contributed by atoms with Gasteiger partial charge in [0.2, 0.25) is 0 Å². The van der Waals surface area contributed by atoms with Gasteiger partial charge in [-0.1, -0.05) is 121 Å². The molecule has 50 heavy (non-hydrogen) atoms. The van der Waals surface area contributed by atoms with E-state index in [1.165, 1.54) is 102 Å². The Balaban J connectivity index is 1.07. The first-order chi connectivity index (χ1) is 24.8. The van der Waals surface area contributed by atoms with Crippen LogP contribution in [0.25, 0.3) is 102 Å². The largest absolute Gasteiger partial charge is 0.309 e. The van der Waals surface area contributed by atoms with Gasteiger partial charge in [-0.15, -0.1) is 11.3 Å². The molecule has 2 heterocycles. The van der Waals surface area contributed by atoms with Crippen LogP contribution in [0.15, 0.2) is 176 Å². The minimum Gasteiger partial charge on any atom is -0.309 e. The quantitative estimate of drug-likeness (QED) is 0.168. The predicted octanol–water partition coefficient (Wildman–Crippen LogP) is 13.9. The van der Waals surface area contributed by atoms with Crippen LogP contribution in [0.3, 0.4) is 0 Å². The van der Waals surface area contributed by atoms with Crippen molar-refractivity contribution in [1.29, 1.82) is 0 Å². The van der Waals surface area contributed by atoms with E-state index in [-0.39, 0.29) is 0 Å². The minimum atomic E-state index is 1.17. The monoisotopic (exact) mass is 651 g/mol. The summed E-state index contributed by atoms with van der Waals surface area (Å²) in [5.41, 5.74) is 8.56. The number of fused-ring (bicyclic) bond motifs is 12. The van der Waals surface area contributed by atoms with Gasteiger partial charge in [0.1, 0.15) is 0 Å². The van der Waals surface area contributed by atoms with Crippen LogP contribution in [0.1, 0.15) is 0 Å². The third-order valence-corrected chi connectivity index (χ3v) is 11.7. The number of nitrogens with zero attached hydrogens (tertiary/aromatic N) is 1. The number of benzene rings is 9. The van der Waals surface area contributed by atoms with Crippen molar-refractivity contribution in [3.63, 3.8) is 0 Å². The molecule has 1 nitrogen and oxygen atoms in total. The van der Waals surface area contributed by atoms with Crippen molar-refractivity contribution in [1.82, 2.24) is 4.57 Å². The maximum absolute atomic E-state index is 2.40. The highest BCUT2D eigenvalue weighted by molar-refractivity contribution is 7.25. The van der Waals surface area contributed by atoms with Gasteiger partial charge in [0.05, 0.1) is 11.0 Å². The van der Waals surface area contributed by atoms with Crippen molar-refractivity contribution in [2.75, 3.05) is 0 Å². The molecule has 2 heteroatoms. The maximum Gasteiger partial charge on any atom is 0.0541 e. The Labute approximate surface area is 292 Å². The zero-order valence-corrected chi connectivity index (χ0v) is 27.9. The second kappa shape index (κ2) is 10.6. The summed E-state index contributed by atoms with van der Waals surface area (Å²) >= 11 is 1.87. The van der Waals surface area contributed by atoms with E-state index in [2.05, 4.69) is 180 Å². The van der Waals surface area contributed by atoms with Gasteiger partial charge in [0.15, 0.2) is 0 Å². The Morgan fingerprint density at radius 3 is 1.38 bits per heavy atom. The SMILES string of the molecule is c1cc(-c2ccc3c4ccc(-c5ccc6sc7ccccc7c6c5)cc4c4ccccc4c3c2)cc(-n2c3ccccc3c3ccccc32)c1. The molecule has 9 aromatic carbocycles. The van der Waals surface area contributed by atoms with E-state index < -0.39 is 0 Å². The Morgan fingerprint density at radius 2 is 0.740 bits per heavy atom. The van der Waals surface area contributed by atoms with Crippen LogP contribution in [-0.4, -0.2) is 4.57 Å². The van der Waals surface area contributed by atoms with Crippen LogP contribution in [0.5, 0.6) is 0 Å². The summed E-state index contributed by atoms with van der Waals surface area (Å²) < 4.78 is 5.07. The summed E-state index contributed by atoms with van der Waals surface area (Å²) in [6.45, 7) is 0. The van der Waals surface area contributed by atoms with Gasteiger partial charge >= 0.3 is 0 Å². The lowest BCUT2D eigenvalue weighted by atomic mass is 9.90. The predicted molar refractivity (Wildman–Crippen MR) is 217 cm³/mol. The second-order valence-electron chi connectivity index (χ2n) is 13.3. The van der Waals surface area contributed by atoms with Gasteiger partial charge in [-0.2, -0.15) is 0 Å². The van der Waals surface area contributed by atoms with Crippen LogP contribution in [-0.2, 0) is 0 Å². The topological polar surface area (TPSA) is 4.93 Å². The zero-order valence-electron chi connectivity index (χ0n) is 27.1. The van der Waals surface area contributed by atoms with Crippen molar-refractivity contribution in [2.24, 2.45) is 0 Å². The van der Waals surface area contributed by atoms with E-state index >= 15 is 0 Å². The van der Waals surface area contributed by atoms with E-state index in [9.17, 15) is 0 Å². The molecule has 11 rings (SSSR count). The number of aromatic nitrogens is 1. The highest BCUT2D eigenvalue weighted by Crippen LogP contribution is 2.41. The van der Waals surface area contributed by atoms with Crippen LogP contribution < -0.4 is 0 Å². The van der Waals surface area contributed by atoms with Crippen LogP contribution >= 0.6 is 11.3 Å². The van der Waals surface area contributed by atoms with Crippen molar-refractivity contribution < 1.29 is 0 Å². The summed E-state index contributed by atoms with van der Waals surface area (Å²) in [4.78, 5) is 0. The van der Waals surface area contributed by atoms with Gasteiger partial charge in [-0.3, -0.25) is 0 Å². The fourth-order valence-corrected chi connectivity index (χ4v) is 9.33. The molecule has 0 amide bonds. The number of para-hydroxylation sites is 2. The standard InChI is InChI=1S/C48H29NS/c1-2-13-36-35(12-1)42-27-31(30-10-9-11-34(26-30)49-45-17-6-3-14-39(45)40-15-4-7-18-46(40)49)20-23-37(42)38-24-21-32(28-43(36)38)33-22-25-48-44(29-33)41-16-5-8-19-47(41)50-48/h1-29H. The summed E-state index contributed by atoms with van der Waals surface area (Å²) in [7, 11) is 0. The van der Waals surface area contributed by atoms with Crippen LogP contribution in [0, 0.1) is 0 Å². The molecule has 232 valence electrons. The summed E-state index contributed by atoms with van der Waals surface area (Å²) in [5.74, 6) is 0. The second-order valence-corrected chi connectivity index (χ2v) is 14.4. The highest BCUT2D eigenvalue weighted by Gasteiger charge is 2.15. The fourth-order valence-electron chi connectivity index (χ4n) is 8.25. The Morgan fingerprint density at radius 1 is 0.280 bits per heavy atom. The molecule has 0 N–H and O–H groups in total. The lowest BCUT2D eigenvalue weighted by Gasteiger charge is -2.14. The molecule has 0 saturated heterocycles. The summed E-state index contributed by atoms with van der Waals surface area (Å²) in [6, 6.07) is 65.0. The lowest BCUT2D eigenvalue weighted by Crippen LogP contribution is -1.94. The lowest BCUT2D eigenvalue weighted by molar-refractivity contribution is 1.18. The zero-order chi connectivity index (χ0) is 32.8. The van der Waals surface area contributed by atoms with Crippen molar-refractivity contribution in [3.8, 4) is 27.9 Å². The number of hydrogen-bond acceptors (Lipinski definition) is 1. The molecule has 0 aliphatic rings. The molecule has 0 unspecified atom stereocenters. The molecule has 0 fully saturated rings. The number of hydrogen-bond donors (Lipinski definition) is 0. The van der Waals surface area contributed by atoms with Gasteiger partial charge in [0.25, 0.3) is 0 Å². The van der Waals surface area contributed by atoms with Gasteiger partial charge < -0.3 is 4.57 Å². The molecule has 0 atom stereocenters. The van der Waals surface area contributed by atoms with Crippen LogP contribution in [0.2, 0.25) is 0 Å². The minimum absolute atomic E-state index is 1.17. The van der Waals surface area contributed by atoms with E-state index in [4.69, 9.17) is 0 Å². The smallest absolute Gasteiger partial charge is 0.0541 e. The Bertz CT molecular complexity index is 3080. The maximum atomic E-state index is 2.40. The molecule has 2 aromatic heterocycles. The molecular formula is C48H29NS. The van der Waals surface area contributed by atoms with E-state index in [0.29, 0.717) is 0 Å². The molecule has 0 spiro atoms. The molecule has 0 bridgehead atoms. The molecule has 0 aliphatic heterocycles. The average molecular weight is 652 g/mol. The van der Waals surface area contributed by atoms with Gasteiger partial charge in [-0.25, -0.2) is 0 Å². The molecule has 0 saturated carbocycles. The first-order valence-electron chi connectivity index (χ1n) is 17.2. The van der Waals surface area contributed by atoms with E-state index in [1.807, 2.05) is 11.3 Å². The highest BCUT2D eigenvalue weighted by atomic mass is 32.1. The average Bonchev–Trinajstić information content (AvgIpc) is 3.73. The van der Waals surface area contributed by atoms with E-state index in [1.54, 1.807) is 0 Å². The third-order valence-electron chi connectivity index (χ3n) is 10.6. The van der Waals surface area contributed by atoms with Crippen molar-refractivity contribution in [3.05, 3.63) is 176 Å². The van der Waals surface area contributed by atoms with Crippen molar-refractivity contribution in [2.45, 2.75) is 0 Å². The Hall–Kier alpha value is -6.22. The normalized spacial score (nSPS) is 12.0. The van der Waals surface area contributed by atoms with Crippen molar-refractivity contribution >= 4 is 85.6 Å². The first-order valence-corrected chi connectivity index (χ1v) is 18.0. The molecular weight excluding hydrogens is 623 g/mol. The number of rotatable bonds is 3. The van der Waals surface area contributed by atoms with Gasteiger partial charge in [0, 0.05) is 36.6 Å². The summed E-state index contributed by atoms with van der Waals surface area (Å²) in [5, 5.41) is 12.9. The Kier molecular flexibility index (Phi) is 5.89.